The predicted octanol–water partition coefficient (Wildman–Crippen LogP) is 3.37. The standard InChI is InChI=1S/C15H23BrN2/c1-3-18-10-8-14(9-11-18)17(2)12-13-6-4-5-7-15(13)16/h4-7,14H,3,8-12H2,1-2H3. The zero-order valence-corrected chi connectivity index (χ0v) is 13.0. The molecule has 0 spiro atoms. The Hall–Kier alpha value is -0.380. The molecule has 18 heavy (non-hydrogen) atoms. The fourth-order valence-corrected chi connectivity index (χ4v) is 3.11. The fourth-order valence-electron chi connectivity index (χ4n) is 2.70. The Morgan fingerprint density at radius 3 is 2.56 bits per heavy atom. The molecule has 0 N–H and O–H groups in total. The van der Waals surface area contributed by atoms with Crippen molar-refractivity contribution in [2.24, 2.45) is 0 Å². The van der Waals surface area contributed by atoms with Crippen LogP contribution in [-0.2, 0) is 6.54 Å². The molecule has 1 aromatic rings. The summed E-state index contributed by atoms with van der Waals surface area (Å²) in [6.45, 7) is 6.99. The van der Waals surface area contributed by atoms with Gasteiger partial charge < -0.3 is 4.90 Å². The molecule has 100 valence electrons. The molecular formula is C15H23BrN2. The van der Waals surface area contributed by atoms with Crippen LogP contribution in [0.15, 0.2) is 28.7 Å². The third-order valence-electron chi connectivity index (χ3n) is 4.01. The molecule has 0 aliphatic carbocycles. The third kappa shape index (κ3) is 3.56. The van der Waals surface area contributed by atoms with Crippen LogP contribution in [0.1, 0.15) is 25.3 Å². The van der Waals surface area contributed by atoms with Gasteiger partial charge in [-0.25, -0.2) is 0 Å². The van der Waals surface area contributed by atoms with Gasteiger partial charge in [-0.3, -0.25) is 4.90 Å². The molecule has 1 fully saturated rings. The highest BCUT2D eigenvalue weighted by molar-refractivity contribution is 9.10. The summed E-state index contributed by atoms with van der Waals surface area (Å²) in [6, 6.07) is 9.27. The average Bonchev–Trinajstić information content (AvgIpc) is 2.41. The summed E-state index contributed by atoms with van der Waals surface area (Å²) < 4.78 is 1.22. The Morgan fingerprint density at radius 1 is 1.28 bits per heavy atom. The van der Waals surface area contributed by atoms with Crippen LogP contribution < -0.4 is 0 Å². The molecule has 0 bridgehead atoms. The summed E-state index contributed by atoms with van der Waals surface area (Å²) in [6.07, 6.45) is 2.60. The number of hydrogen-bond acceptors (Lipinski definition) is 2. The van der Waals surface area contributed by atoms with Crippen LogP contribution in [0.3, 0.4) is 0 Å². The molecule has 0 amide bonds. The van der Waals surface area contributed by atoms with Gasteiger partial charge >= 0.3 is 0 Å². The van der Waals surface area contributed by atoms with E-state index in [9.17, 15) is 0 Å². The van der Waals surface area contributed by atoms with Crippen molar-refractivity contribution in [3.8, 4) is 0 Å². The molecule has 0 aromatic heterocycles. The van der Waals surface area contributed by atoms with Crippen LogP contribution in [0.25, 0.3) is 0 Å². The van der Waals surface area contributed by atoms with Crippen molar-refractivity contribution in [2.45, 2.75) is 32.4 Å². The van der Waals surface area contributed by atoms with Gasteiger partial charge in [0.15, 0.2) is 0 Å². The minimum atomic E-state index is 0.736. The van der Waals surface area contributed by atoms with Crippen molar-refractivity contribution >= 4 is 15.9 Å². The largest absolute Gasteiger partial charge is 0.303 e. The van der Waals surface area contributed by atoms with Crippen LogP contribution in [-0.4, -0.2) is 42.5 Å². The molecule has 1 aliphatic rings. The second-order valence-corrected chi connectivity index (χ2v) is 6.03. The maximum absolute atomic E-state index is 3.63. The van der Waals surface area contributed by atoms with E-state index >= 15 is 0 Å². The number of benzene rings is 1. The maximum atomic E-state index is 3.63. The van der Waals surface area contributed by atoms with Gasteiger partial charge in [0, 0.05) is 17.1 Å². The topological polar surface area (TPSA) is 6.48 Å². The van der Waals surface area contributed by atoms with E-state index in [1.807, 2.05) is 0 Å². The number of nitrogens with zero attached hydrogens (tertiary/aromatic N) is 2. The van der Waals surface area contributed by atoms with Gasteiger partial charge in [0.1, 0.15) is 0 Å². The average molecular weight is 311 g/mol. The lowest BCUT2D eigenvalue weighted by Gasteiger charge is -2.36. The maximum Gasteiger partial charge on any atom is 0.0244 e. The third-order valence-corrected chi connectivity index (χ3v) is 4.78. The lowest BCUT2D eigenvalue weighted by atomic mass is 10.0. The highest BCUT2D eigenvalue weighted by Gasteiger charge is 2.21. The first-order valence-corrected chi connectivity index (χ1v) is 7.66. The summed E-state index contributed by atoms with van der Waals surface area (Å²) >= 11 is 3.63. The first-order valence-electron chi connectivity index (χ1n) is 6.86. The second kappa shape index (κ2) is 6.69. The van der Waals surface area contributed by atoms with Crippen molar-refractivity contribution in [2.75, 3.05) is 26.7 Å². The SMILES string of the molecule is CCN1CCC(N(C)Cc2ccccc2Br)CC1. The normalized spacial score (nSPS) is 18.4. The Balaban J connectivity index is 1.89. The molecular weight excluding hydrogens is 288 g/mol. The zero-order chi connectivity index (χ0) is 13.0. The number of rotatable bonds is 4. The molecule has 1 heterocycles. The number of halogens is 1. The van der Waals surface area contributed by atoms with Crippen LogP contribution in [0, 0.1) is 0 Å². The van der Waals surface area contributed by atoms with Gasteiger partial charge in [-0.1, -0.05) is 41.1 Å². The molecule has 3 heteroatoms. The molecule has 0 radical (unpaired) electrons. The molecule has 1 aliphatic heterocycles. The molecule has 1 aromatic carbocycles. The van der Waals surface area contributed by atoms with Crippen molar-refractivity contribution in [1.29, 1.82) is 0 Å². The van der Waals surface area contributed by atoms with Crippen molar-refractivity contribution < 1.29 is 0 Å². The van der Waals surface area contributed by atoms with Gasteiger partial charge in [0.25, 0.3) is 0 Å². The quantitative estimate of drug-likeness (QED) is 0.841. The van der Waals surface area contributed by atoms with E-state index in [1.54, 1.807) is 0 Å². The zero-order valence-electron chi connectivity index (χ0n) is 11.4. The molecule has 2 nitrogen and oxygen atoms in total. The summed E-state index contributed by atoms with van der Waals surface area (Å²) in [4.78, 5) is 5.05. The summed E-state index contributed by atoms with van der Waals surface area (Å²) in [5, 5.41) is 0. The lowest BCUT2D eigenvalue weighted by molar-refractivity contribution is 0.127. The highest BCUT2D eigenvalue weighted by Crippen LogP contribution is 2.21. The van der Waals surface area contributed by atoms with E-state index in [0.29, 0.717) is 0 Å². The van der Waals surface area contributed by atoms with Gasteiger partial charge in [-0.05, 0) is 51.2 Å². The Labute approximate surface area is 119 Å². The van der Waals surface area contributed by atoms with Crippen molar-refractivity contribution in [1.82, 2.24) is 9.80 Å². The van der Waals surface area contributed by atoms with E-state index in [2.05, 4.69) is 64.0 Å². The van der Waals surface area contributed by atoms with E-state index in [1.165, 1.54) is 42.5 Å². The van der Waals surface area contributed by atoms with Crippen LogP contribution in [0.2, 0.25) is 0 Å². The minimum Gasteiger partial charge on any atom is -0.303 e. The monoisotopic (exact) mass is 310 g/mol. The first kappa shape index (κ1) is 14.0. The number of piperidine rings is 1. The number of likely N-dealkylation sites (tertiary alicyclic amines) is 1. The van der Waals surface area contributed by atoms with Gasteiger partial charge in [-0.2, -0.15) is 0 Å². The first-order chi connectivity index (χ1) is 8.70. The van der Waals surface area contributed by atoms with Crippen LogP contribution in [0.5, 0.6) is 0 Å². The van der Waals surface area contributed by atoms with Crippen LogP contribution >= 0.6 is 15.9 Å². The molecule has 0 saturated carbocycles. The molecule has 0 atom stereocenters. The summed E-state index contributed by atoms with van der Waals surface area (Å²) in [5.41, 5.74) is 1.39. The van der Waals surface area contributed by atoms with Crippen molar-refractivity contribution in [3.63, 3.8) is 0 Å². The summed E-state index contributed by atoms with van der Waals surface area (Å²) in [7, 11) is 2.26. The molecule has 0 unspecified atom stereocenters. The lowest BCUT2D eigenvalue weighted by Crippen LogP contribution is -2.42. The van der Waals surface area contributed by atoms with Crippen LogP contribution in [0.4, 0.5) is 0 Å². The molecule has 2 rings (SSSR count). The summed E-state index contributed by atoms with van der Waals surface area (Å²) in [5.74, 6) is 0. The van der Waals surface area contributed by atoms with E-state index in [4.69, 9.17) is 0 Å². The highest BCUT2D eigenvalue weighted by atomic mass is 79.9. The van der Waals surface area contributed by atoms with E-state index < -0.39 is 0 Å². The smallest absolute Gasteiger partial charge is 0.0244 e. The Bertz CT molecular complexity index is 373. The predicted molar refractivity (Wildman–Crippen MR) is 80.7 cm³/mol. The van der Waals surface area contributed by atoms with E-state index in [0.717, 1.165) is 12.6 Å². The van der Waals surface area contributed by atoms with Crippen molar-refractivity contribution in [3.05, 3.63) is 34.3 Å². The van der Waals surface area contributed by atoms with Gasteiger partial charge in [0.05, 0.1) is 0 Å². The minimum absolute atomic E-state index is 0.736. The number of hydrogen-bond donors (Lipinski definition) is 0. The fraction of sp³-hybridized carbons (Fsp3) is 0.600. The molecule has 1 saturated heterocycles. The second-order valence-electron chi connectivity index (χ2n) is 5.17. The Kier molecular flexibility index (Phi) is 5.22. The van der Waals surface area contributed by atoms with Gasteiger partial charge in [0.2, 0.25) is 0 Å². The van der Waals surface area contributed by atoms with E-state index in [-0.39, 0.29) is 0 Å². The Morgan fingerprint density at radius 2 is 1.94 bits per heavy atom. The van der Waals surface area contributed by atoms with Gasteiger partial charge in [-0.15, -0.1) is 0 Å².